The van der Waals surface area contributed by atoms with Crippen molar-refractivity contribution < 1.29 is 13.5 Å². The largest absolute Gasteiger partial charge is 0.387 e. The molecule has 4 nitrogen and oxygen atoms in total. The number of hydrogen-bond donors (Lipinski definition) is 1. The SMILES string of the molecule is CCCC1(O)CN(CCS(=O)(=O)c2ccc(Br)cc2)C1. The summed E-state index contributed by atoms with van der Waals surface area (Å²) >= 11 is 3.29. The first-order chi connectivity index (χ1) is 9.35. The molecule has 0 radical (unpaired) electrons. The van der Waals surface area contributed by atoms with Crippen molar-refractivity contribution in [3.63, 3.8) is 0 Å². The second-order valence-electron chi connectivity index (χ2n) is 5.46. The van der Waals surface area contributed by atoms with E-state index in [9.17, 15) is 13.5 Å². The molecule has 1 aromatic rings. The van der Waals surface area contributed by atoms with Crippen molar-refractivity contribution in [3.05, 3.63) is 28.7 Å². The summed E-state index contributed by atoms with van der Waals surface area (Å²) in [6.07, 6.45) is 1.73. The second-order valence-corrected chi connectivity index (χ2v) is 8.48. The number of halogens is 1. The van der Waals surface area contributed by atoms with Gasteiger partial charge < -0.3 is 5.11 Å². The van der Waals surface area contributed by atoms with Crippen LogP contribution in [0.25, 0.3) is 0 Å². The van der Waals surface area contributed by atoms with Crippen molar-refractivity contribution in [1.82, 2.24) is 4.90 Å². The van der Waals surface area contributed by atoms with Crippen LogP contribution in [0.3, 0.4) is 0 Å². The van der Waals surface area contributed by atoms with Gasteiger partial charge in [0.1, 0.15) is 0 Å². The van der Waals surface area contributed by atoms with Crippen LogP contribution in [-0.2, 0) is 9.84 Å². The fourth-order valence-electron chi connectivity index (χ4n) is 2.58. The summed E-state index contributed by atoms with van der Waals surface area (Å²) in [6, 6.07) is 6.69. The molecule has 0 aliphatic carbocycles. The van der Waals surface area contributed by atoms with Gasteiger partial charge in [0.05, 0.1) is 16.2 Å². The molecule has 0 saturated carbocycles. The smallest absolute Gasteiger partial charge is 0.179 e. The Balaban J connectivity index is 1.87. The lowest BCUT2D eigenvalue weighted by Crippen LogP contribution is -2.62. The Labute approximate surface area is 128 Å². The van der Waals surface area contributed by atoms with Gasteiger partial charge in [-0.25, -0.2) is 8.42 Å². The molecule has 0 amide bonds. The Hall–Kier alpha value is -0.430. The molecule has 0 spiro atoms. The van der Waals surface area contributed by atoms with Crippen LogP contribution in [0.15, 0.2) is 33.6 Å². The lowest BCUT2D eigenvalue weighted by molar-refractivity contribution is -0.100. The highest BCUT2D eigenvalue weighted by atomic mass is 79.9. The van der Waals surface area contributed by atoms with Gasteiger partial charge >= 0.3 is 0 Å². The van der Waals surface area contributed by atoms with Gasteiger partial charge in [0.25, 0.3) is 0 Å². The van der Waals surface area contributed by atoms with E-state index in [4.69, 9.17) is 0 Å². The van der Waals surface area contributed by atoms with Crippen LogP contribution in [0.1, 0.15) is 19.8 Å². The Kier molecular flexibility index (Phi) is 4.89. The summed E-state index contributed by atoms with van der Waals surface area (Å²) in [7, 11) is -3.24. The van der Waals surface area contributed by atoms with E-state index in [-0.39, 0.29) is 5.75 Å². The van der Waals surface area contributed by atoms with Gasteiger partial charge in [0.2, 0.25) is 0 Å². The van der Waals surface area contributed by atoms with E-state index >= 15 is 0 Å². The van der Waals surface area contributed by atoms with Gasteiger partial charge in [-0.3, -0.25) is 4.90 Å². The number of benzene rings is 1. The Morgan fingerprint density at radius 2 is 1.90 bits per heavy atom. The summed E-state index contributed by atoms with van der Waals surface area (Å²) in [5.74, 6) is 0.0941. The van der Waals surface area contributed by atoms with Crippen LogP contribution >= 0.6 is 15.9 Å². The van der Waals surface area contributed by atoms with Crippen molar-refractivity contribution in [1.29, 1.82) is 0 Å². The van der Waals surface area contributed by atoms with Crippen molar-refractivity contribution in [2.45, 2.75) is 30.3 Å². The lowest BCUT2D eigenvalue weighted by Gasteiger charge is -2.46. The Morgan fingerprint density at radius 1 is 1.30 bits per heavy atom. The predicted octanol–water partition coefficient (Wildman–Crippen LogP) is 2.07. The summed E-state index contributed by atoms with van der Waals surface area (Å²) in [5.41, 5.74) is -0.601. The third kappa shape index (κ3) is 3.81. The molecule has 0 aromatic heterocycles. The van der Waals surface area contributed by atoms with E-state index in [2.05, 4.69) is 15.9 Å². The summed E-state index contributed by atoms with van der Waals surface area (Å²) in [5, 5.41) is 10.1. The maximum absolute atomic E-state index is 12.2. The molecular weight excluding hydrogens is 342 g/mol. The molecular formula is C14H20BrNO3S. The van der Waals surface area contributed by atoms with Crippen LogP contribution in [0, 0.1) is 0 Å². The molecule has 6 heteroatoms. The average Bonchev–Trinajstić information content (AvgIpc) is 2.35. The number of aliphatic hydroxyl groups is 1. The minimum atomic E-state index is -3.24. The molecule has 0 unspecified atom stereocenters. The van der Waals surface area contributed by atoms with Crippen molar-refractivity contribution in [3.8, 4) is 0 Å². The Morgan fingerprint density at radius 3 is 2.45 bits per heavy atom. The normalized spacial score (nSPS) is 18.8. The van der Waals surface area contributed by atoms with E-state index < -0.39 is 15.4 Å². The first-order valence-corrected chi connectivity index (χ1v) is 9.22. The Bertz CT molecular complexity index is 550. The van der Waals surface area contributed by atoms with Gasteiger partial charge in [-0.05, 0) is 30.7 Å². The quantitative estimate of drug-likeness (QED) is 0.842. The number of rotatable bonds is 6. The van der Waals surface area contributed by atoms with Crippen LogP contribution in [0.2, 0.25) is 0 Å². The molecule has 1 fully saturated rings. The monoisotopic (exact) mass is 361 g/mol. The zero-order valence-corrected chi connectivity index (χ0v) is 14.0. The molecule has 0 bridgehead atoms. The minimum absolute atomic E-state index is 0.0941. The van der Waals surface area contributed by atoms with Gasteiger partial charge in [-0.15, -0.1) is 0 Å². The second kappa shape index (κ2) is 6.13. The molecule has 1 aliphatic rings. The molecule has 112 valence electrons. The number of hydrogen-bond acceptors (Lipinski definition) is 4. The van der Waals surface area contributed by atoms with Gasteiger partial charge in [0, 0.05) is 24.1 Å². The highest BCUT2D eigenvalue weighted by Crippen LogP contribution is 2.25. The zero-order chi connectivity index (χ0) is 14.8. The van der Waals surface area contributed by atoms with Crippen LogP contribution < -0.4 is 0 Å². The highest BCUT2D eigenvalue weighted by Gasteiger charge is 2.40. The number of likely N-dealkylation sites (tertiary alicyclic amines) is 1. The predicted molar refractivity (Wildman–Crippen MR) is 82.5 cm³/mol. The molecule has 1 aromatic carbocycles. The third-order valence-electron chi connectivity index (χ3n) is 3.60. The van der Waals surface area contributed by atoms with E-state index in [0.717, 1.165) is 17.3 Å². The van der Waals surface area contributed by atoms with E-state index in [0.29, 0.717) is 24.5 Å². The topological polar surface area (TPSA) is 57.6 Å². The van der Waals surface area contributed by atoms with Gasteiger partial charge in [-0.2, -0.15) is 0 Å². The molecule has 0 atom stereocenters. The average molecular weight is 362 g/mol. The molecule has 20 heavy (non-hydrogen) atoms. The molecule has 1 aliphatic heterocycles. The van der Waals surface area contributed by atoms with Crippen molar-refractivity contribution in [2.75, 3.05) is 25.4 Å². The van der Waals surface area contributed by atoms with E-state index in [1.54, 1.807) is 24.3 Å². The van der Waals surface area contributed by atoms with Crippen molar-refractivity contribution in [2.24, 2.45) is 0 Å². The fraction of sp³-hybridized carbons (Fsp3) is 0.571. The van der Waals surface area contributed by atoms with Crippen LogP contribution in [0.4, 0.5) is 0 Å². The number of β-amino-alcohol motifs (C(OH)–C–C–N with tert-alkyl or cyclic N) is 1. The fourth-order valence-corrected chi connectivity index (χ4v) is 4.13. The van der Waals surface area contributed by atoms with E-state index in [1.807, 2.05) is 11.8 Å². The maximum atomic E-state index is 12.2. The lowest BCUT2D eigenvalue weighted by atomic mass is 9.89. The first kappa shape index (κ1) is 15.9. The number of nitrogens with zero attached hydrogens (tertiary/aromatic N) is 1. The summed E-state index contributed by atoms with van der Waals surface area (Å²) < 4.78 is 25.2. The van der Waals surface area contributed by atoms with E-state index in [1.165, 1.54) is 0 Å². The molecule has 1 saturated heterocycles. The molecule has 2 rings (SSSR count). The molecule has 1 N–H and O–H groups in total. The van der Waals surface area contributed by atoms with Gasteiger partial charge in [0.15, 0.2) is 9.84 Å². The summed E-state index contributed by atoms with van der Waals surface area (Å²) in [6.45, 7) is 3.68. The maximum Gasteiger partial charge on any atom is 0.179 e. The van der Waals surface area contributed by atoms with Crippen molar-refractivity contribution >= 4 is 25.8 Å². The van der Waals surface area contributed by atoms with Crippen LogP contribution in [0.5, 0.6) is 0 Å². The zero-order valence-electron chi connectivity index (χ0n) is 11.5. The minimum Gasteiger partial charge on any atom is -0.387 e. The van der Waals surface area contributed by atoms with Crippen LogP contribution in [-0.4, -0.2) is 49.4 Å². The highest BCUT2D eigenvalue weighted by molar-refractivity contribution is 9.10. The third-order valence-corrected chi connectivity index (χ3v) is 5.84. The number of sulfone groups is 1. The standard InChI is InChI=1S/C14H20BrNO3S/c1-2-7-14(17)10-16(11-14)8-9-20(18,19)13-5-3-12(15)4-6-13/h3-6,17H,2,7-11H2,1H3. The summed E-state index contributed by atoms with van der Waals surface area (Å²) in [4.78, 5) is 2.34. The van der Waals surface area contributed by atoms with Gasteiger partial charge in [-0.1, -0.05) is 29.3 Å². The molecule has 1 heterocycles. The first-order valence-electron chi connectivity index (χ1n) is 6.78.